The fourth-order valence-corrected chi connectivity index (χ4v) is 2.97. The standard InChI is InChI=1S/C16H23NO2S/c1-11(2)12-3-7-14(8-4-12)20-10-9-15(16(18)19)17-13-5-6-13/h3-4,7-8,11,13,15,17H,5-6,9-10H2,1-2H3,(H,18,19). The number of benzene rings is 1. The third-order valence-corrected chi connectivity index (χ3v) is 4.58. The van der Waals surface area contributed by atoms with E-state index in [9.17, 15) is 9.90 Å². The van der Waals surface area contributed by atoms with E-state index in [0.717, 1.165) is 18.6 Å². The topological polar surface area (TPSA) is 49.3 Å². The van der Waals surface area contributed by atoms with Crippen molar-refractivity contribution in [2.75, 3.05) is 5.75 Å². The van der Waals surface area contributed by atoms with Crippen LogP contribution in [0.3, 0.4) is 0 Å². The Morgan fingerprint density at radius 1 is 1.35 bits per heavy atom. The van der Waals surface area contributed by atoms with Gasteiger partial charge in [0.25, 0.3) is 0 Å². The predicted molar refractivity (Wildman–Crippen MR) is 83.5 cm³/mol. The van der Waals surface area contributed by atoms with Gasteiger partial charge in [-0.1, -0.05) is 26.0 Å². The Morgan fingerprint density at radius 3 is 2.50 bits per heavy atom. The van der Waals surface area contributed by atoms with Gasteiger partial charge in [0.05, 0.1) is 0 Å². The first kappa shape index (κ1) is 15.4. The molecule has 1 saturated carbocycles. The summed E-state index contributed by atoms with van der Waals surface area (Å²) in [5.41, 5.74) is 1.34. The van der Waals surface area contributed by atoms with Gasteiger partial charge in [-0.2, -0.15) is 0 Å². The molecule has 1 aromatic rings. The summed E-state index contributed by atoms with van der Waals surface area (Å²) < 4.78 is 0. The summed E-state index contributed by atoms with van der Waals surface area (Å²) in [7, 11) is 0. The fraction of sp³-hybridized carbons (Fsp3) is 0.562. The zero-order valence-electron chi connectivity index (χ0n) is 12.1. The third kappa shape index (κ3) is 4.84. The second-order valence-corrected chi connectivity index (χ2v) is 6.86. The van der Waals surface area contributed by atoms with Crippen LogP contribution in [0, 0.1) is 0 Å². The molecule has 0 saturated heterocycles. The number of rotatable bonds is 8. The first-order chi connectivity index (χ1) is 9.56. The molecule has 2 N–H and O–H groups in total. The van der Waals surface area contributed by atoms with Crippen molar-refractivity contribution in [2.45, 2.75) is 56.0 Å². The van der Waals surface area contributed by atoms with Crippen molar-refractivity contribution < 1.29 is 9.90 Å². The highest BCUT2D eigenvalue weighted by atomic mass is 32.2. The number of thioether (sulfide) groups is 1. The van der Waals surface area contributed by atoms with Crippen molar-refractivity contribution in [1.29, 1.82) is 0 Å². The van der Waals surface area contributed by atoms with Crippen LogP contribution >= 0.6 is 11.8 Å². The van der Waals surface area contributed by atoms with Gasteiger partial charge in [0.1, 0.15) is 6.04 Å². The lowest BCUT2D eigenvalue weighted by atomic mass is 10.0. The Bertz CT molecular complexity index is 440. The van der Waals surface area contributed by atoms with Gasteiger partial charge in [-0.15, -0.1) is 11.8 Å². The summed E-state index contributed by atoms with van der Waals surface area (Å²) in [4.78, 5) is 12.4. The molecule has 110 valence electrons. The van der Waals surface area contributed by atoms with Crippen LogP contribution in [-0.2, 0) is 4.79 Å². The monoisotopic (exact) mass is 293 g/mol. The predicted octanol–water partition coefficient (Wildman–Crippen LogP) is 3.50. The van der Waals surface area contributed by atoms with Gasteiger partial charge in [-0.3, -0.25) is 4.79 Å². The van der Waals surface area contributed by atoms with E-state index in [2.05, 4.69) is 43.4 Å². The Hall–Kier alpha value is -1.00. The average molecular weight is 293 g/mol. The number of carbonyl (C=O) groups is 1. The number of nitrogens with one attached hydrogen (secondary N) is 1. The molecule has 0 aliphatic heterocycles. The molecule has 1 atom stereocenters. The van der Waals surface area contributed by atoms with E-state index in [1.54, 1.807) is 11.8 Å². The van der Waals surface area contributed by atoms with Gasteiger partial charge in [0, 0.05) is 16.7 Å². The number of hydrogen-bond donors (Lipinski definition) is 2. The lowest BCUT2D eigenvalue weighted by molar-refractivity contribution is -0.139. The Morgan fingerprint density at radius 2 is 2.00 bits per heavy atom. The van der Waals surface area contributed by atoms with E-state index >= 15 is 0 Å². The lowest BCUT2D eigenvalue weighted by Gasteiger charge is -2.13. The highest BCUT2D eigenvalue weighted by Gasteiger charge is 2.27. The maximum absolute atomic E-state index is 11.2. The lowest BCUT2D eigenvalue weighted by Crippen LogP contribution is -2.38. The molecule has 1 aliphatic carbocycles. The molecule has 1 aliphatic rings. The quantitative estimate of drug-likeness (QED) is 0.720. The molecule has 0 heterocycles. The molecule has 2 rings (SSSR count). The van der Waals surface area contributed by atoms with Crippen molar-refractivity contribution in [2.24, 2.45) is 0 Å². The van der Waals surface area contributed by atoms with Gasteiger partial charge < -0.3 is 10.4 Å². The van der Waals surface area contributed by atoms with Crippen LogP contribution < -0.4 is 5.32 Å². The summed E-state index contributed by atoms with van der Waals surface area (Å²) in [6.07, 6.45) is 2.91. The molecule has 1 unspecified atom stereocenters. The zero-order valence-corrected chi connectivity index (χ0v) is 13.0. The molecular weight excluding hydrogens is 270 g/mol. The largest absolute Gasteiger partial charge is 0.480 e. The Balaban J connectivity index is 1.77. The minimum absolute atomic E-state index is 0.398. The molecule has 3 nitrogen and oxygen atoms in total. The number of carboxylic acids is 1. The van der Waals surface area contributed by atoms with Gasteiger partial charge in [0.2, 0.25) is 0 Å². The van der Waals surface area contributed by atoms with Crippen LogP contribution in [0.15, 0.2) is 29.2 Å². The summed E-state index contributed by atoms with van der Waals surface area (Å²) in [6.45, 7) is 4.37. The van der Waals surface area contributed by atoms with Crippen LogP contribution in [0.1, 0.15) is 44.6 Å². The van der Waals surface area contributed by atoms with E-state index in [1.165, 1.54) is 10.5 Å². The van der Waals surface area contributed by atoms with Gasteiger partial charge in [-0.05, 0) is 42.9 Å². The molecule has 20 heavy (non-hydrogen) atoms. The Kier molecular flexibility index (Phi) is 5.49. The van der Waals surface area contributed by atoms with Gasteiger partial charge in [0.15, 0.2) is 0 Å². The highest BCUT2D eigenvalue weighted by molar-refractivity contribution is 7.99. The van der Waals surface area contributed by atoms with E-state index in [0.29, 0.717) is 18.4 Å². The van der Waals surface area contributed by atoms with E-state index in [1.807, 2.05) is 0 Å². The molecule has 1 fully saturated rings. The van der Waals surface area contributed by atoms with Crippen LogP contribution in [0.2, 0.25) is 0 Å². The van der Waals surface area contributed by atoms with Crippen molar-refractivity contribution in [3.63, 3.8) is 0 Å². The van der Waals surface area contributed by atoms with Crippen LogP contribution in [0.4, 0.5) is 0 Å². The highest BCUT2D eigenvalue weighted by Crippen LogP contribution is 2.24. The fourth-order valence-electron chi connectivity index (χ4n) is 2.06. The number of hydrogen-bond acceptors (Lipinski definition) is 3. The smallest absolute Gasteiger partial charge is 0.320 e. The maximum atomic E-state index is 11.2. The summed E-state index contributed by atoms with van der Waals surface area (Å²) in [6, 6.07) is 8.61. The first-order valence-corrected chi connectivity index (χ1v) is 8.26. The second-order valence-electron chi connectivity index (χ2n) is 5.69. The van der Waals surface area contributed by atoms with Gasteiger partial charge in [-0.25, -0.2) is 0 Å². The molecule has 0 amide bonds. The van der Waals surface area contributed by atoms with E-state index in [-0.39, 0.29) is 0 Å². The minimum Gasteiger partial charge on any atom is -0.480 e. The third-order valence-electron chi connectivity index (χ3n) is 3.53. The molecule has 0 radical (unpaired) electrons. The summed E-state index contributed by atoms with van der Waals surface area (Å²) in [5, 5.41) is 12.4. The van der Waals surface area contributed by atoms with E-state index in [4.69, 9.17) is 0 Å². The summed E-state index contributed by atoms with van der Waals surface area (Å²) >= 11 is 1.73. The van der Waals surface area contributed by atoms with Crippen molar-refractivity contribution >= 4 is 17.7 Å². The zero-order chi connectivity index (χ0) is 14.5. The first-order valence-electron chi connectivity index (χ1n) is 7.28. The molecule has 4 heteroatoms. The van der Waals surface area contributed by atoms with Crippen molar-refractivity contribution in [3.8, 4) is 0 Å². The maximum Gasteiger partial charge on any atom is 0.320 e. The van der Waals surface area contributed by atoms with Crippen LogP contribution in [0.25, 0.3) is 0 Å². The molecule has 1 aromatic carbocycles. The molecule has 0 spiro atoms. The average Bonchev–Trinajstić information content (AvgIpc) is 3.22. The Labute approximate surface area is 125 Å². The molecule has 0 aromatic heterocycles. The molecule has 0 bridgehead atoms. The van der Waals surface area contributed by atoms with E-state index < -0.39 is 12.0 Å². The van der Waals surface area contributed by atoms with Gasteiger partial charge >= 0.3 is 5.97 Å². The van der Waals surface area contributed by atoms with Crippen molar-refractivity contribution in [3.05, 3.63) is 29.8 Å². The number of carboxylic acid groups (broad SMARTS) is 1. The normalized spacial score (nSPS) is 16.4. The van der Waals surface area contributed by atoms with Crippen molar-refractivity contribution in [1.82, 2.24) is 5.32 Å². The summed E-state index contributed by atoms with van der Waals surface area (Å²) in [5.74, 6) is 0.651. The SMILES string of the molecule is CC(C)c1ccc(SCCC(NC2CC2)C(=O)O)cc1. The number of aliphatic carboxylic acids is 1. The second kappa shape index (κ2) is 7.14. The van der Waals surface area contributed by atoms with Crippen LogP contribution in [-0.4, -0.2) is 28.9 Å². The van der Waals surface area contributed by atoms with Crippen LogP contribution in [0.5, 0.6) is 0 Å². The molecular formula is C16H23NO2S. The minimum atomic E-state index is -0.729.